The standard InChI is InChI=1S/C22H22FN3O5/c1-4-30-19-12-15(5-10-18(19)29-3)22(28)31-13-21(27)24-20-11-14(2)25-26(20)17-8-6-16(23)7-9-17/h5-12H,4,13H2,1-3H3,(H,24,27). The van der Waals surface area contributed by atoms with Crippen LogP contribution >= 0.6 is 0 Å². The first-order valence-electron chi connectivity index (χ1n) is 9.51. The molecule has 0 saturated heterocycles. The third kappa shape index (κ3) is 5.39. The van der Waals surface area contributed by atoms with E-state index in [-0.39, 0.29) is 11.4 Å². The Hall–Kier alpha value is -3.88. The summed E-state index contributed by atoms with van der Waals surface area (Å²) in [6, 6.07) is 11.9. The summed E-state index contributed by atoms with van der Waals surface area (Å²) in [6.45, 7) is 3.48. The van der Waals surface area contributed by atoms with Gasteiger partial charge >= 0.3 is 5.97 Å². The Bertz CT molecular complexity index is 1080. The zero-order chi connectivity index (χ0) is 22.4. The van der Waals surface area contributed by atoms with Crippen molar-refractivity contribution in [1.82, 2.24) is 9.78 Å². The quantitative estimate of drug-likeness (QED) is 0.553. The number of nitrogens with one attached hydrogen (secondary N) is 1. The average Bonchev–Trinajstić information content (AvgIpc) is 3.12. The predicted molar refractivity (Wildman–Crippen MR) is 111 cm³/mol. The Morgan fingerprint density at radius 3 is 2.52 bits per heavy atom. The number of esters is 1. The van der Waals surface area contributed by atoms with E-state index in [0.29, 0.717) is 35.3 Å². The van der Waals surface area contributed by atoms with Gasteiger partial charge in [-0.05, 0) is 56.3 Å². The molecule has 0 radical (unpaired) electrons. The zero-order valence-electron chi connectivity index (χ0n) is 17.3. The van der Waals surface area contributed by atoms with Crippen LogP contribution in [-0.4, -0.2) is 42.0 Å². The smallest absolute Gasteiger partial charge is 0.338 e. The average molecular weight is 427 g/mol. The molecule has 0 aliphatic heterocycles. The maximum Gasteiger partial charge on any atom is 0.338 e. The number of ether oxygens (including phenoxy) is 3. The highest BCUT2D eigenvalue weighted by Gasteiger charge is 2.16. The molecule has 31 heavy (non-hydrogen) atoms. The van der Waals surface area contributed by atoms with Gasteiger partial charge in [0.05, 0.1) is 30.7 Å². The SMILES string of the molecule is CCOc1cc(C(=O)OCC(=O)Nc2cc(C)nn2-c2ccc(F)cc2)ccc1OC. The van der Waals surface area contributed by atoms with E-state index < -0.39 is 18.5 Å². The van der Waals surface area contributed by atoms with E-state index >= 15 is 0 Å². The van der Waals surface area contributed by atoms with Gasteiger partial charge in [0, 0.05) is 6.07 Å². The topological polar surface area (TPSA) is 91.7 Å². The minimum absolute atomic E-state index is 0.226. The number of anilines is 1. The van der Waals surface area contributed by atoms with E-state index in [1.54, 1.807) is 19.1 Å². The molecule has 1 heterocycles. The maximum absolute atomic E-state index is 13.2. The first-order chi connectivity index (χ1) is 14.9. The summed E-state index contributed by atoms with van der Waals surface area (Å²) < 4.78 is 30.4. The lowest BCUT2D eigenvalue weighted by Gasteiger charge is -2.11. The van der Waals surface area contributed by atoms with Crippen molar-refractivity contribution < 1.29 is 28.2 Å². The second-order valence-electron chi connectivity index (χ2n) is 6.48. The van der Waals surface area contributed by atoms with Crippen LogP contribution in [0.25, 0.3) is 5.69 Å². The van der Waals surface area contributed by atoms with Crippen LogP contribution in [0.5, 0.6) is 11.5 Å². The molecule has 0 spiro atoms. The lowest BCUT2D eigenvalue weighted by Crippen LogP contribution is -2.22. The lowest BCUT2D eigenvalue weighted by atomic mass is 10.2. The first-order valence-corrected chi connectivity index (χ1v) is 9.51. The minimum atomic E-state index is -0.679. The highest BCUT2D eigenvalue weighted by molar-refractivity contribution is 5.95. The minimum Gasteiger partial charge on any atom is -0.493 e. The van der Waals surface area contributed by atoms with Gasteiger partial charge in [0.25, 0.3) is 5.91 Å². The van der Waals surface area contributed by atoms with E-state index in [1.807, 2.05) is 6.92 Å². The van der Waals surface area contributed by atoms with Gasteiger partial charge in [-0.25, -0.2) is 13.9 Å². The molecular formula is C22H22FN3O5. The Labute approximate surface area is 178 Å². The molecular weight excluding hydrogens is 405 g/mol. The van der Waals surface area contributed by atoms with E-state index in [2.05, 4.69) is 10.4 Å². The van der Waals surface area contributed by atoms with Gasteiger partial charge in [0.2, 0.25) is 0 Å². The van der Waals surface area contributed by atoms with Crippen LogP contribution in [0.3, 0.4) is 0 Å². The van der Waals surface area contributed by atoms with Crippen molar-refractivity contribution in [2.24, 2.45) is 0 Å². The van der Waals surface area contributed by atoms with Crippen molar-refractivity contribution in [3.05, 3.63) is 65.6 Å². The molecule has 0 aliphatic rings. The summed E-state index contributed by atoms with van der Waals surface area (Å²) in [5.41, 5.74) is 1.45. The molecule has 3 aromatic rings. The fraction of sp³-hybridized carbons (Fsp3) is 0.227. The van der Waals surface area contributed by atoms with Gasteiger partial charge in [-0.1, -0.05) is 0 Å². The van der Waals surface area contributed by atoms with Crippen LogP contribution in [0.4, 0.5) is 10.2 Å². The number of halogens is 1. The first kappa shape index (κ1) is 21.8. The molecule has 0 unspecified atom stereocenters. The van der Waals surface area contributed by atoms with E-state index in [9.17, 15) is 14.0 Å². The van der Waals surface area contributed by atoms with Crippen molar-refractivity contribution in [2.45, 2.75) is 13.8 Å². The van der Waals surface area contributed by atoms with Crippen LogP contribution in [0.1, 0.15) is 23.0 Å². The van der Waals surface area contributed by atoms with Gasteiger partial charge in [0.1, 0.15) is 11.6 Å². The number of benzene rings is 2. The normalized spacial score (nSPS) is 10.5. The summed E-state index contributed by atoms with van der Waals surface area (Å²) in [5, 5.41) is 6.94. The van der Waals surface area contributed by atoms with Gasteiger partial charge in [-0.3, -0.25) is 4.79 Å². The zero-order valence-corrected chi connectivity index (χ0v) is 17.3. The molecule has 0 bridgehead atoms. The van der Waals surface area contributed by atoms with Gasteiger partial charge < -0.3 is 19.5 Å². The van der Waals surface area contributed by atoms with Gasteiger partial charge in [0.15, 0.2) is 18.1 Å². The van der Waals surface area contributed by atoms with Gasteiger partial charge in [-0.2, -0.15) is 5.10 Å². The molecule has 0 aliphatic carbocycles. The van der Waals surface area contributed by atoms with Crippen LogP contribution in [0.15, 0.2) is 48.5 Å². The predicted octanol–water partition coefficient (Wildman–Crippen LogP) is 3.52. The number of hydrogen-bond donors (Lipinski definition) is 1. The van der Waals surface area contributed by atoms with Crippen LogP contribution < -0.4 is 14.8 Å². The molecule has 3 rings (SSSR count). The van der Waals surface area contributed by atoms with Crippen LogP contribution in [-0.2, 0) is 9.53 Å². The summed E-state index contributed by atoms with van der Waals surface area (Å²) in [5.74, 6) is -0.343. The van der Waals surface area contributed by atoms with Crippen molar-refractivity contribution in [3.8, 4) is 17.2 Å². The third-order valence-corrected chi connectivity index (χ3v) is 4.20. The van der Waals surface area contributed by atoms with E-state index in [4.69, 9.17) is 14.2 Å². The third-order valence-electron chi connectivity index (χ3n) is 4.20. The Kier molecular flexibility index (Phi) is 6.86. The molecule has 1 amide bonds. The maximum atomic E-state index is 13.2. The highest BCUT2D eigenvalue weighted by Crippen LogP contribution is 2.28. The molecule has 162 valence electrons. The summed E-state index contributed by atoms with van der Waals surface area (Å²) >= 11 is 0. The molecule has 1 aromatic heterocycles. The molecule has 0 fully saturated rings. The number of carbonyl (C=O) groups is 2. The fourth-order valence-corrected chi connectivity index (χ4v) is 2.83. The lowest BCUT2D eigenvalue weighted by molar-refractivity contribution is -0.119. The summed E-state index contributed by atoms with van der Waals surface area (Å²) in [6.07, 6.45) is 0. The Morgan fingerprint density at radius 1 is 1.10 bits per heavy atom. The number of carbonyl (C=O) groups excluding carboxylic acids is 2. The fourth-order valence-electron chi connectivity index (χ4n) is 2.83. The van der Waals surface area contributed by atoms with Crippen molar-refractivity contribution in [1.29, 1.82) is 0 Å². The highest BCUT2D eigenvalue weighted by atomic mass is 19.1. The van der Waals surface area contributed by atoms with Crippen molar-refractivity contribution in [2.75, 3.05) is 25.6 Å². The van der Waals surface area contributed by atoms with E-state index in [1.165, 1.54) is 48.2 Å². The second kappa shape index (κ2) is 9.75. The Balaban J connectivity index is 1.65. The molecule has 2 aromatic carbocycles. The number of hydrogen-bond acceptors (Lipinski definition) is 6. The van der Waals surface area contributed by atoms with E-state index in [0.717, 1.165) is 0 Å². The number of methoxy groups -OCH3 is 1. The summed E-state index contributed by atoms with van der Waals surface area (Å²) in [4.78, 5) is 24.7. The van der Waals surface area contributed by atoms with Gasteiger partial charge in [-0.15, -0.1) is 0 Å². The number of aromatic nitrogens is 2. The molecule has 8 nitrogen and oxygen atoms in total. The van der Waals surface area contributed by atoms with Crippen molar-refractivity contribution in [3.63, 3.8) is 0 Å². The largest absolute Gasteiger partial charge is 0.493 e. The molecule has 9 heteroatoms. The van der Waals surface area contributed by atoms with Crippen LogP contribution in [0, 0.1) is 12.7 Å². The van der Waals surface area contributed by atoms with Crippen molar-refractivity contribution >= 4 is 17.7 Å². The number of amides is 1. The number of rotatable bonds is 8. The summed E-state index contributed by atoms with van der Waals surface area (Å²) in [7, 11) is 1.50. The molecule has 0 atom stereocenters. The Morgan fingerprint density at radius 2 is 1.84 bits per heavy atom. The molecule has 1 N–H and O–H groups in total. The number of aryl methyl sites for hydroxylation is 1. The second-order valence-corrected chi connectivity index (χ2v) is 6.48. The number of nitrogens with zero attached hydrogens (tertiary/aromatic N) is 2. The molecule has 0 saturated carbocycles. The monoisotopic (exact) mass is 427 g/mol. The van der Waals surface area contributed by atoms with Crippen LogP contribution in [0.2, 0.25) is 0 Å².